The van der Waals surface area contributed by atoms with E-state index in [-0.39, 0.29) is 11.9 Å². The number of amides is 1. The van der Waals surface area contributed by atoms with Crippen molar-refractivity contribution in [1.82, 2.24) is 10.3 Å². The molecular formula is C14H14ClN3OS. The number of anilines is 1. The number of rotatable bonds is 3. The zero-order chi connectivity index (χ0) is 13.9. The van der Waals surface area contributed by atoms with Crippen LogP contribution in [0, 0.1) is 0 Å². The molecular weight excluding hydrogens is 294 g/mol. The number of hydrogen-bond acceptors (Lipinski definition) is 4. The third-order valence-electron chi connectivity index (χ3n) is 3.26. The van der Waals surface area contributed by atoms with Gasteiger partial charge >= 0.3 is 0 Å². The summed E-state index contributed by atoms with van der Waals surface area (Å²) in [6, 6.07) is 7.45. The van der Waals surface area contributed by atoms with Gasteiger partial charge in [0.1, 0.15) is 0 Å². The van der Waals surface area contributed by atoms with Crippen molar-refractivity contribution >= 4 is 34.0 Å². The van der Waals surface area contributed by atoms with Crippen molar-refractivity contribution in [3.63, 3.8) is 0 Å². The van der Waals surface area contributed by atoms with Crippen molar-refractivity contribution in [2.24, 2.45) is 0 Å². The molecule has 1 aromatic heterocycles. The summed E-state index contributed by atoms with van der Waals surface area (Å²) in [4.78, 5) is 16.4. The molecule has 2 heterocycles. The Morgan fingerprint density at radius 2 is 2.30 bits per heavy atom. The number of carbonyl (C=O) groups is 1. The molecule has 1 atom stereocenters. The predicted octanol–water partition coefficient (Wildman–Crippen LogP) is 3.15. The summed E-state index contributed by atoms with van der Waals surface area (Å²) < 4.78 is 0. The van der Waals surface area contributed by atoms with E-state index in [0.717, 1.165) is 30.6 Å². The molecule has 1 aliphatic heterocycles. The maximum absolute atomic E-state index is 12.0. The highest BCUT2D eigenvalue weighted by atomic mass is 35.5. The highest BCUT2D eigenvalue weighted by molar-refractivity contribution is 7.14. The van der Waals surface area contributed by atoms with Gasteiger partial charge in [0, 0.05) is 16.0 Å². The molecule has 4 nitrogen and oxygen atoms in total. The topological polar surface area (TPSA) is 54.0 Å². The number of nitrogens with one attached hydrogen (secondary N) is 2. The van der Waals surface area contributed by atoms with Crippen molar-refractivity contribution in [3.05, 3.63) is 34.7 Å². The van der Waals surface area contributed by atoms with E-state index >= 15 is 0 Å². The van der Waals surface area contributed by atoms with Gasteiger partial charge in [0.05, 0.1) is 11.7 Å². The Bertz CT molecular complexity index is 622. The Hall–Kier alpha value is -1.43. The van der Waals surface area contributed by atoms with Crippen LogP contribution in [0.5, 0.6) is 0 Å². The lowest BCUT2D eigenvalue weighted by Gasteiger charge is -2.08. The molecule has 2 aromatic rings. The summed E-state index contributed by atoms with van der Waals surface area (Å²) in [5.41, 5.74) is 1.67. The third-order valence-corrected chi connectivity index (χ3v) is 4.35. The van der Waals surface area contributed by atoms with Crippen LogP contribution in [0.25, 0.3) is 11.3 Å². The number of thiazole rings is 1. The van der Waals surface area contributed by atoms with Crippen LogP contribution in [0.4, 0.5) is 5.13 Å². The van der Waals surface area contributed by atoms with Crippen LogP contribution in [0.3, 0.4) is 0 Å². The van der Waals surface area contributed by atoms with Crippen molar-refractivity contribution in [2.45, 2.75) is 18.9 Å². The van der Waals surface area contributed by atoms with Gasteiger partial charge in [-0.1, -0.05) is 29.8 Å². The van der Waals surface area contributed by atoms with Crippen LogP contribution >= 0.6 is 22.9 Å². The van der Waals surface area contributed by atoms with Gasteiger partial charge in [-0.05, 0) is 25.5 Å². The largest absolute Gasteiger partial charge is 0.306 e. The van der Waals surface area contributed by atoms with E-state index in [0.29, 0.717) is 10.2 Å². The zero-order valence-electron chi connectivity index (χ0n) is 10.7. The second kappa shape index (κ2) is 5.91. The Balaban J connectivity index is 1.74. The summed E-state index contributed by atoms with van der Waals surface area (Å²) in [5.74, 6) is -0.0115. The second-order valence-electron chi connectivity index (χ2n) is 4.66. The number of hydrogen-bond donors (Lipinski definition) is 2. The Morgan fingerprint density at radius 3 is 3.05 bits per heavy atom. The van der Waals surface area contributed by atoms with Gasteiger partial charge < -0.3 is 10.6 Å². The standard InChI is InChI=1S/C14H14ClN3OS/c15-10-5-2-1-4-9(10)12-8-20-14(17-12)18-13(19)11-6-3-7-16-11/h1-2,4-5,8,11,16H,3,6-7H2,(H,17,18,19). The highest BCUT2D eigenvalue weighted by Gasteiger charge is 2.22. The van der Waals surface area contributed by atoms with Crippen molar-refractivity contribution in [2.75, 3.05) is 11.9 Å². The lowest BCUT2D eigenvalue weighted by Crippen LogP contribution is -2.35. The average Bonchev–Trinajstić information content (AvgIpc) is 3.10. The number of aromatic nitrogens is 1. The molecule has 1 aliphatic rings. The minimum atomic E-state index is -0.0948. The Labute approximate surface area is 126 Å². The maximum Gasteiger partial charge on any atom is 0.243 e. The molecule has 20 heavy (non-hydrogen) atoms. The summed E-state index contributed by atoms with van der Waals surface area (Å²) in [6.07, 6.45) is 1.93. The molecule has 0 bridgehead atoms. The molecule has 3 rings (SSSR count). The van der Waals surface area contributed by atoms with Gasteiger partial charge in [-0.15, -0.1) is 11.3 Å². The quantitative estimate of drug-likeness (QED) is 0.916. The van der Waals surface area contributed by atoms with E-state index in [1.54, 1.807) is 0 Å². The maximum atomic E-state index is 12.0. The zero-order valence-corrected chi connectivity index (χ0v) is 12.3. The van der Waals surface area contributed by atoms with Crippen molar-refractivity contribution in [1.29, 1.82) is 0 Å². The molecule has 1 saturated heterocycles. The first-order valence-electron chi connectivity index (χ1n) is 6.49. The van der Waals surface area contributed by atoms with Gasteiger partial charge in [-0.25, -0.2) is 4.98 Å². The van der Waals surface area contributed by atoms with E-state index in [2.05, 4.69) is 15.6 Å². The lowest BCUT2D eigenvalue weighted by molar-refractivity contribution is -0.117. The van der Waals surface area contributed by atoms with Gasteiger partial charge in [0.15, 0.2) is 5.13 Å². The van der Waals surface area contributed by atoms with Gasteiger partial charge in [-0.3, -0.25) is 4.79 Å². The van der Waals surface area contributed by atoms with E-state index in [1.807, 2.05) is 29.6 Å². The van der Waals surface area contributed by atoms with E-state index in [9.17, 15) is 4.79 Å². The van der Waals surface area contributed by atoms with Crippen molar-refractivity contribution < 1.29 is 4.79 Å². The second-order valence-corrected chi connectivity index (χ2v) is 5.92. The van der Waals surface area contributed by atoms with Crippen LogP contribution < -0.4 is 10.6 Å². The Morgan fingerprint density at radius 1 is 1.45 bits per heavy atom. The van der Waals surface area contributed by atoms with Crippen LogP contribution in [-0.2, 0) is 4.79 Å². The molecule has 104 valence electrons. The van der Waals surface area contributed by atoms with Gasteiger partial charge in [0.2, 0.25) is 5.91 Å². The molecule has 6 heteroatoms. The number of carbonyl (C=O) groups excluding carboxylic acids is 1. The smallest absolute Gasteiger partial charge is 0.243 e. The number of halogens is 1. The molecule has 0 saturated carbocycles. The average molecular weight is 308 g/mol. The molecule has 1 amide bonds. The monoisotopic (exact) mass is 307 g/mol. The normalized spacial score (nSPS) is 18.1. The van der Waals surface area contributed by atoms with Gasteiger partial charge in [-0.2, -0.15) is 0 Å². The highest BCUT2D eigenvalue weighted by Crippen LogP contribution is 2.30. The Kier molecular flexibility index (Phi) is 4.00. The fourth-order valence-electron chi connectivity index (χ4n) is 2.22. The SMILES string of the molecule is O=C(Nc1nc(-c2ccccc2Cl)cs1)C1CCCN1. The van der Waals surface area contributed by atoms with Crippen LogP contribution in [0.1, 0.15) is 12.8 Å². The van der Waals surface area contributed by atoms with Crippen LogP contribution in [0.15, 0.2) is 29.6 Å². The van der Waals surface area contributed by atoms with Crippen LogP contribution in [0.2, 0.25) is 5.02 Å². The molecule has 1 fully saturated rings. The number of nitrogens with zero attached hydrogens (tertiary/aromatic N) is 1. The fraction of sp³-hybridized carbons (Fsp3) is 0.286. The fourth-order valence-corrected chi connectivity index (χ4v) is 3.17. The minimum Gasteiger partial charge on any atom is -0.306 e. The molecule has 0 aliphatic carbocycles. The minimum absolute atomic E-state index is 0.0115. The van der Waals surface area contributed by atoms with Crippen molar-refractivity contribution in [3.8, 4) is 11.3 Å². The molecule has 0 spiro atoms. The molecule has 1 aromatic carbocycles. The lowest BCUT2D eigenvalue weighted by atomic mass is 10.2. The molecule has 1 unspecified atom stereocenters. The predicted molar refractivity (Wildman–Crippen MR) is 82.2 cm³/mol. The first kappa shape index (κ1) is 13.5. The molecule has 2 N–H and O–H groups in total. The van der Waals surface area contributed by atoms with E-state index < -0.39 is 0 Å². The van der Waals surface area contributed by atoms with Gasteiger partial charge in [0.25, 0.3) is 0 Å². The first-order chi connectivity index (χ1) is 9.74. The summed E-state index contributed by atoms with van der Waals surface area (Å²) in [5, 5.41) is 9.20. The molecule has 0 radical (unpaired) electrons. The summed E-state index contributed by atoms with van der Waals surface area (Å²) in [6.45, 7) is 0.904. The van der Waals surface area contributed by atoms with Crippen LogP contribution in [-0.4, -0.2) is 23.5 Å². The summed E-state index contributed by atoms with van der Waals surface area (Å²) >= 11 is 7.56. The number of benzene rings is 1. The van der Waals surface area contributed by atoms with E-state index in [1.165, 1.54) is 11.3 Å². The first-order valence-corrected chi connectivity index (χ1v) is 7.74. The summed E-state index contributed by atoms with van der Waals surface area (Å²) in [7, 11) is 0. The van der Waals surface area contributed by atoms with E-state index in [4.69, 9.17) is 11.6 Å². The third kappa shape index (κ3) is 2.85.